The summed E-state index contributed by atoms with van der Waals surface area (Å²) >= 11 is 0. The first kappa shape index (κ1) is 17.6. The zero-order valence-electron chi connectivity index (χ0n) is 12.6. The van der Waals surface area contributed by atoms with E-state index < -0.39 is 0 Å². The summed E-state index contributed by atoms with van der Waals surface area (Å²) in [7, 11) is 7.24. The van der Waals surface area contributed by atoms with Crippen molar-refractivity contribution in [3.8, 4) is 0 Å². The van der Waals surface area contributed by atoms with Crippen molar-refractivity contribution in [3.63, 3.8) is 0 Å². The molecule has 0 amide bonds. The van der Waals surface area contributed by atoms with Gasteiger partial charge in [0.15, 0.2) is 0 Å². The van der Waals surface area contributed by atoms with Gasteiger partial charge in [0.25, 0.3) is 0 Å². The quantitative estimate of drug-likeness (QED) is 0.236. The number of nitrogens with zero attached hydrogens (tertiary/aromatic N) is 1. The SMILES string of the molecule is [CH2-]\[NH+]=C/C(=C/C)C(/O)=C/[N+]([CH2-])=C\C(=C\C)C(O)=C(C)C. The Morgan fingerprint density at radius 3 is 2.05 bits per heavy atom. The fraction of sp³-hybridized carbons (Fsp3) is 0.250. The molecule has 0 aliphatic rings. The molecule has 0 aliphatic heterocycles. The van der Waals surface area contributed by atoms with Crippen molar-refractivity contribution in [3.05, 3.63) is 60.7 Å². The molecule has 0 unspecified atom stereocenters. The number of rotatable bonds is 5. The Bertz CT molecular complexity index is 515. The van der Waals surface area contributed by atoms with Crippen LogP contribution < -0.4 is 4.99 Å². The highest BCUT2D eigenvalue weighted by Gasteiger charge is 2.02. The van der Waals surface area contributed by atoms with Crippen LogP contribution in [0.3, 0.4) is 0 Å². The average Bonchev–Trinajstić information content (AvgIpc) is 2.40. The van der Waals surface area contributed by atoms with Crippen molar-refractivity contribution in [1.29, 1.82) is 0 Å². The summed E-state index contributed by atoms with van der Waals surface area (Å²) in [5.41, 5.74) is 2.03. The lowest BCUT2D eigenvalue weighted by molar-refractivity contribution is -0.383. The lowest BCUT2D eigenvalue weighted by atomic mass is 10.1. The van der Waals surface area contributed by atoms with Crippen LogP contribution in [0.15, 0.2) is 46.6 Å². The lowest BCUT2D eigenvalue weighted by Gasteiger charge is -2.07. The third-order valence-corrected chi connectivity index (χ3v) is 2.52. The summed E-state index contributed by atoms with van der Waals surface area (Å²) in [6.07, 6.45) is 8.16. The van der Waals surface area contributed by atoms with Crippen LogP contribution in [0, 0.1) is 14.1 Å². The summed E-state index contributed by atoms with van der Waals surface area (Å²) in [6.45, 7) is 7.26. The van der Waals surface area contributed by atoms with Crippen LogP contribution in [-0.2, 0) is 0 Å². The van der Waals surface area contributed by atoms with Gasteiger partial charge >= 0.3 is 0 Å². The van der Waals surface area contributed by atoms with Crippen LogP contribution >= 0.6 is 0 Å². The zero-order chi connectivity index (χ0) is 15.7. The summed E-state index contributed by atoms with van der Waals surface area (Å²) in [5, 5.41) is 19.9. The van der Waals surface area contributed by atoms with Crippen LogP contribution in [0.5, 0.6) is 0 Å². The third-order valence-electron chi connectivity index (χ3n) is 2.52. The van der Waals surface area contributed by atoms with Crippen molar-refractivity contribution in [2.45, 2.75) is 27.7 Å². The van der Waals surface area contributed by atoms with Crippen molar-refractivity contribution < 1.29 is 19.8 Å². The largest absolute Gasteiger partial charge is 0.516 e. The Hall–Kier alpha value is -2.36. The van der Waals surface area contributed by atoms with Crippen LogP contribution in [-0.4, -0.2) is 27.2 Å². The van der Waals surface area contributed by atoms with E-state index in [2.05, 4.69) is 19.1 Å². The van der Waals surface area contributed by atoms with Gasteiger partial charge in [-0.2, -0.15) is 0 Å². The number of aliphatic hydroxyl groups is 2. The highest BCUT2D eigenvalue weighted by atomic mass is 16.3. The Morgan fingerprint density at radius 2 is 1.65 bits per heavy atom. The summed E-state index contributed by atoms with van der Waals surface area (Å²) in [4.78, 5) is 2.61. The highest BCUT2D eigenvalue weighted by molar-refractivity contribution is 5.81. The molecule has 0 aromatic heterocycles. The second-order valence-electron chi connectivity index (χ2n) is 4.34. The molecule has 0 fully saturated rings. The van der Waals surface area contributed by atoms with Crippen LogP contribution in [0.2, 0.25) is 0 Å². The second-order valence-corrected chi connectivity index (χ2v) is 4.34. The van der Waals surface area contributed by atoms with Gasteiger partial charge in [0, 0.05) is 18.8 Å². The minimum Gasteiger partial charge on any atom is -0.516 e. The first-order chi connectivity index (χ1) is 9.37. The van der Waals surface area contributed by atoms with Crippen LogP contribution in [0.25, 0.3) is 0 Å². The minimum atomic E-state index is 0.0436. The molecule has 0 aromatic carbocycles. The second kappa shape index (κ2) is 8.69. The number of allylic oxidation sites excluding steroid dienone is 5. The number of aliphatic hydroxyl groups excluding tert-OH is 2. The van der Waals surface area contributed by atoms with Gasteiger partial charge in [0.2, 0.25) is 0 Å². The predicted molar refractivity (Wildman–Crippen MR) is 83.3 cm³/mol. The summed E-state index contributed by atoms with van der Waals surface area (Å²) in [5.74, 6) is 0.244. The van der Waals surface area contributed by atoms with Gasteiger partial charge in [0.1, 0.15) is 17.7 Å². The molecule has 0 aliphatic carbocycles. The van der Waals surface area contributed by atoms with E-state index in [1.54, 1.807) is 31.5 Å². The van der Waals surface area contributed by atoms with E-state index >= 15 is 0 Å². The van der Waals surface area contributed by atoms with Crippen molar-refractivity contribution in [2.24, 2.45) is 0 Å². The van der Waals surface area contributed by atoms with Gasteiger partial charge in [-0.25, -0.2) is 0 Å². The topological polar surface area (TPSA) is 57.4 Å². The smallest absolute Gasteiger partial charge is 0.118 e. The first-order valence-electron chi connectivity index (χ1n) is 6.27. The van der Waals surface area contributed by atoms with Gasteiger partial charge in [-0.15, -0.1) is 0 Å². The first-order valence-corrected chi connectivity index (χ1v) is 6.27. The molecule has 0 heterocycles. The Labute approximate surface area is 121 Å². The molecule has 3 N–H and O–H groups in total. The maximum absolute atomic E-state index is 9.94. The van der Waals surface area contributed by atoms with Crippen molar-refractivity contribution in [1.82, 2.24) is 0 Å². The molecule has 0 bridgehead atoms. The molecule has 0 spiro atoms. The monoisotopic (exact) mass is 276 g/mol. The molecular formula is C16H24N2O2. The van der Waals surface area contributed by atoms with Crippen molar-refractivity contribution in [2.75, 3.05) is 0 Å². The molecule has 4 heteroatoms. The highest BCUT2D eigenvalue weighted by Crippen LogP contribution is 2.10. The molecule has 0 aromatic rings. The standard InChI is InChI=1S/C16H24N2O2/c1-7-13(9-17-5)15(19)11-18(6)10-14(8-2)16(20)12(3)4/h7-11,17,19-20H,5-6H2,1-4H3/b13-7-,14-8-,15-11-,17-9-. The fourth-order valence-corrected chi connectivity index (χ4v) is 1.42. The van der Waals surface area contributed by atoms with E-state index in [9.17, 15) is 10.2 Å². The van der Waals surface area contributed by atoms with Crippen LogP contribution in [0.1, 0.15) is 27.7 Å². The average molecular weight is 276 g/mol. The molecule has 110 valence electrons. The molecule has 0 atom stereocenters. The van der Waals surface area contributed by atoms with Crippen LogP contribution in [0.4, 0.5) is 0 Å². The Balaban J connectivity index is 5.42. The van der Waals surface area contributed by atoms with E-state index in [1.807, 2.05) is 20.8 Å². The molecule has 0 saturated carbocycles. The predicted octanol–water partition coefficient (Wildman–Crippen LogP) is 1.95. The van der Waals surface area contributed by atoms with E-state index in [-0.39, 0.29) is 11.5 Å². The Kier molecular flexibility index (Phi) is 7.67. The maximum atomic E-state index is 9.94. The van der Waals surface area contributed by atoms with E-state index in [0.29, 0.717) is 11.1 Å². The van der Waals surface area contributed by atoms with Gasteiger partial charge in [0.05, 0.1) is 6.21 Å². The van der Waals surface area contributed by atoms with E-state index in [0.717, 1.165) is 5.57 Å². The number of hydrogen-bond acceptors (Lipinski definition) is 2. The lowest BCUT2D eigenvalue weighted by Crippen LogP contribution is -2.60. The molecule has 0 radical (unpaired) electrons. The number of nitrogens with one attached hydrogen (secondary N) is 1. The van der Waals surface area contributed by atoms with E-state index in [4.69, 9.17) is 0 Å². The summed E-state index contributed by atoms with van der Waals surface area (Å²) < 4.78 is 1.43. The Morgan fingerprint density at radius 1 is 1.10 bits per heavy atom. The van der Waals surface area contributed by atoms with Gasteiger partial charge in [-0.05, 0) is 45.9 Å². The molecule has 0 saturated heterocycles. The molecule has 0 rings (SSSR count). The minimum absolute atomic E-state index is 0.0436. The van der Waals surface area contributed by atoms with Gasteiger partial charge in [-0.3, -0.25) is 0 Å². The zero-order valence-corrected chi connectivity index (χ0v) is 12.6. The molecular weight excluding hydrogens is 252 g/mol. The normalized spacial score (nSPS) is 14.8. The third kappa shape index (κ3) is 5.52. The number of hydrogen-bond donors (Lipinski definition) is 3. The summed E-state index contributed by atoms with van der Waals surface area (Å²) in [6, 6.07) is 0. The molecule has 20 heavy (non-hydrogen) atoms. The van der Waals surface area contributed by atoms with Gasteiger partial charge in [-0.1, -0.05) is 12.2 Å². The van der Waals surface area contributed by atoms with E-state index in [1.165, 1.54) is 10.8 Å². The fourth-order valence-electron chi connectivity index (χ4n) is 1.42. The maximum Gasteiger partial charge on any atom is 0.118 e. The van der Waals surface area contributed by atoms with Gasteiger partial charge < -0.3 is 19.8 Å². The molecule has 4 nitrogen and oxygen atoms in total. The van der Waals surface area contributed by atoms with Crippen molar-refractivity contribution >= 4 is 12.4 Å².